The number of halogens is 1. The Labute approximate surface area is 178 Å². The molecular formula is C22H22ClN3O2S. The summed E-state index contributed by atoms with van der Waals surface area (Å²) in [4.78, 5) is 32.7. The SMILES string of the molecule is CCCn1c(SC(C)C(=O)N2CCc3ccccc32)nc2cc(Cl)ccc2c1=O. The second-order valence-electron chi connectivity index (χ2n) is 7.14. The summed E-state index contributed by atoms with van der Waals surface area (Å²) < 4.78 is 1.67. The zero-order valence-corrected chi connectivity index (χ0v) is 18.0. The van der Waals surface area contributed by atoms with Crippen molar-refractivity contribution >= 4 is 45.9 Å². The van der Waals surface area contributed by atoms with Gasteiger partial charge in [0.05, 0.1) is 16.2 Å². The van der Waals surface area contributed by atoms with Crippen LogP contribution in [0, 0.1) is 0 Å². The van der Waals surface area contributed by atoms with E-state index >= 15 is 0 Å². The van der Waals surface area contributed by atoms with E-state index in [1.165, 1.54) is 17.3 Å². The Morgan fingerprint density at radius 1 is 1.28 bits per heavy atom. The molecule has 1 amide bonds. The first-order chi connectivity index (χ1) is 14.0. The predicted octanol–water partition coefficient (Wildman–Crippen LogP) is 4.53. The summed E-state index contributed by atoms with van der Waals surface area (Å²) in [5.41, 5.74) is 2.64. The molecule has 1 atom stereocenters. The molecule has 2 heterocycles. The van der Waals surface area contributed by atoms with Crippen molar-refractivity contribution in [1.82, 2.24) is 9.55 Å². The zero-order valence-electron chi connectivity index (χ0n) is 16.4. The van der Waals surface area contributed by atoms with Crippen molar-refractivity contribution < 1.29 is 4.79 Å². The first-order valence-electron chi connectivity index (χ1n) is 9.75. The van der Waals surface area contributed by atoms with E-state index < -0.39 is 0 Å². The fraction of sp³-hybridized carbons (Fsp3) is 0.318. The van der Waals surface area contributed by atoms with Gasteiger partial charge in [0.2, 0.25) is 5.91 Å². The molecule has 0 fully saturated rings. The molecule has 5 nitrogen and oxygen atoms in total. The lowest BCUT2D eigenvalue weighted by molar-refractivity contribution is -0.117. The summed E-state index contributed by atoms with van der Waals surface area (Å²) in [5, 5.41) is 1.26. The standard InChI is InChI=1S/C22H22ClN3O2S/c1-3-11-26-21(28)17-9-8-16(23)13-18(17)24-22(26)29-14(2)20(27)25-12-10-15-6-4-5-7-19(15)25/h4-9,13-14H,3,10-12H2,1-2H3. The lowest BCUT2D eigenvalue weighted by atomic mass is 10.2. The second kappa shape index (κ2) is 8.20. The van der Waals surface area contributed by atoms with Gasteiger partial charge in [-0.1, -0.05) is 48.5 Å². The second-order valence-corrected chi connectivity index (χ2v) is 8.89. The van der Waals surface area contributed by atoms with Gasteiger partial charge in [0, 0.05) is 23.8 Å². The minimum absolute atomic E-state index is 0.0310. The third-order valence-corrected chi connectivity index (χ3v) is 6.43. The van der Waals surface area contributed by atoms with Crippen molar-refractivity contribution in [2.45, 2.75) is 43.6 Å². The number of hydrogen-bond acceptors (Lipinski definition) is 4. The molecule has 0 aliphatic carbocycles. The summed E-state index contributed by atoms with van der Waals surface area (Å²) in [6, 6.07) is 13.1. The first kappa shape index (κ1) is 20.0. The Bertz CT molecular complexity index is 1140. The van der Waals surface area contributed by atoms with Crippen LogP contribution in [-0.4, -0.2) is 27.3 Å². The molecule has 0 radical (unpaired) electrons. The number of nitrogens with zero attached hydrogens (tertiary/aromatic N) is 3. The number of thioether (sulfide) groups is 1. The minimum Gasteiger partial charge on any atom is -0.311 e. The van der Waals surface area contributed by atoms with Gasteiger partial charge >= 0.3 is 0 Å². The maximum absolute atomic E-state index is 13.2. The first-order valence-corrected chi connectivity index (χ1v) is 11.0. The maximum Gasteiger partial charge on any atom is 0.262 e. The summed E-state index contributed by atoms with van der Waals surface area (Å²) in [6.45, 7) is 5.13. The van der Waals surface area contributed by atoms with Gasteiger partial charge in [-0.2, -0.15) is 0 Å². The Hall–Kier alpha value is -2.31. The van der Waals surface area contributed by atoms with E-state index in [1.807, 2.05) is 36.9 Å². The molecule has 1 aromatic heterocycles. The number of carbonyl (C=O) groups excluding carboxylic acids is 1. The van der Waals surface area contributed by atoms with Crippen molar-refractivity contribution in [1.29, 1.82) is 0 Å². The number of rotatable bonds is 5. The largest absolute Gasteiger partial charge is 0.311 e. The van der Waals surface area contributed by atoms with Crippen LogP contribution in [0.1, 0.15) is 25.8 Å². The van der Waals surface area contributed by atoms with E-state index in [-0.39, 0.29) is 16.7 Å². The number of para-hydroxylation sites is 1. The molecule has 0 saturated heterocycles. The van der Waals surface area contributed by atoms with Crippen LogP contribution in [0.25, 0.3) is 10.9 Å². The number of fused-ring (bicyclic) bond motifs is 2. The highest BCUT2D eigenvalue weighted by molar-refractivity contribution is 8.00. The van der Waals surface area contributed by atoms with Crippen molar-refractivity contribution in [2.75, 3.05) is 11.4 Å². The van der Waals surface area contributed by atoms with E-state index in [2.05, 4.69) is 11.1 Å². The maximum atomic E-state index is 13.2. The summed E-state index contributed by atoms with van der Waals surface area (Å²) in [7, 11) is 0. The minimum atomic E-state index is -0.368. The smallest absolute Gasteiger partial charge is 0.262 e. The number of carbonyl (C=O) groups is 1. The number of aromatic nitrogens is 2. The molecule has 29 heavy (non-hydrogen) atoms. The van der Waals surface area contributed by atoms with E-state index in [4.69, 9.17) is 11.6 Å². The van der Waals surface area contributed by atoms with Crippen LogP contribution >= 0.6 is 23.4 Å². The Balaban J connectivity index is 1.67. The highest BCUT2D eigenvalue weighted by atomic mass is 35.5. The Morgan fingerprint density at radius 2 is 2.07 bits per heavy atom. The van der Waals surface area contributed by atoms with Crippen molar-refractivity contribution in [3.63, 3.8) is 0 Å². The van der Waals surface area contributed by atoms with Gasteiger partial charge in [-0.15, -0.1) is 0 Å². The number of anilines is 1. The molecule has 0 N–H and O–H groups in total. The highest BCUT2D eigenvalue weighted by Gasteiger charge is 2.29. The fourth-order valence-corrected chi connectivity index (χ4v) is 4.84. The van der Waals surface area contributed by atoms with Gasteiger partial charge in [-0.3, -0.25) is 14.2 Å². The average molecular weight is 428 g/mol. The van der Waals surface area contributed by atoms with E-state index in [0.717, 1.165) is 18.5 Å². The van der Waals surface area contributed by atoms with Crippen LogP contribution in [0.4, 0.5) is 5.69 Å². The van der Waals surface area contributed by atoms with E-state index in [1.54, 1.807) is 22.8 Å². The molecule has 4 rings (SSSR count). The van der Waals surface area contributed by atoms with Gasteiger partial charge < -0.3 is 4.90 Å². The van der Waals surface area contributed by atoms with Crippen LogP contribution in [0.3, 0.4) is 0 Å². The highest BCUT2D eigenvalue weighted by Crippen LogP contribution is 2.31. The Morgan fingerprint density at radius 3 is 2.86 bits per heavy atom. The van der Waals surface area contributed by atoms with Gasteiger partial charge in [-0.25, -0.2) is 4.98 Å². The number of benzene rings is 2. The third kappa shape index (κ3) is 3.79. The average Bonchev–Trinajstić information content (AvgIpc) is 3.14. The van der Waals surface area contributed by atoms with Crippen LogP contribution in [-0.2, 0) is 17.8 Å². The van der Waals surface area contributed by atoms with Gasteiger partial charge in [0.25, 0.3) is 5.56 Å². The molecule has 3 aromatic rings. The lowest BCUT2D eigenvalue weighted by Gasteiger charge is -2.22. The molecule has 2 aromatic carbocycles. The van der Waals surface area contributed by atoms with Crippen molar-refractivity contribution in [2.24, 2.45) is 0 Å². The van der Waals surface area contributed by atoms with E-state index in [9.17, 15) is 9.59 Å². The fourth-order valence-electron chi connectivity index (χ4n) is 3.68. The monoisotopic (exact) mass is 427 g/mol. The molecule has 150 valence electrons. The summed E-state index contributed by atoms with van der Waals surface area (Å²) in [6.07, 6.45) is 1.67. The number of amides is 1. The van der Waals surface area contributed by atoms with Crippen LogP contribution in [0.15, 0.2) is 52.4 Å². The van der Waals surface area contributed by atoms with Crippen LogP contribution in [0.2, 0.25) is 5.02 Å². The van der Waals surface area contributed by atoms with Gasteiger partial charge in [0.1, 0.15) is 0 Å². The quantitative estimate of drug-likeness (QED) is 0.443. The summed E-state index contributed by atoms with van der Waals surface area (Å²) in [5.74, 6) is 0.0310. The molecule has 7 heteroatoms. The van der Waals surface area contributed by atoms with Crippen molar-refractivity contribution in [3.05, 3.63) is 63.4 Å². The van der Waals surface area contributed by atoms with Gasteiger partial charge in [0.15, 0.2) is 5.16 Å². The molecule has 0 saturated carbocycles. The van der Waals surface area contributed by atoms with Crippen LogP contribution in [0.5, 0.6) is 0 Å². The van der Waals surface area contributed by atoms with Crippen molar-refractivity contribution in [3.8, 4) is 0 Å². The zero-order chi connectivity index (χ0) is 20.5. The normalized spacial score (nSPS) is 14.2. The number of hydrogen-bond donors (Lipinski definition) is 0. The topological polar surface area (TPSA) is 55.2 Å². The predicted molar refractivity (Wildman–Crippen MR) is 119 cm³/mol. The van der Waals surface area contributed by atoms with Crippen LogP contribution < -0.4 is 10.5 Å². The molecule has 1 aliphatic rings. The Kier molecular flexibility index (Phi) is 5.65. The summed E-state index contributed by atoms with van der Waals surface area (Å²) >= 11 is 7.43. The lowest BCUT2D eigenvalue weighted by Crippen LogP contribution is -2.35. The molecule has 0 bridgehead atoms. The van der Waals surface area contributed by atoms with E-state index in [0.29, 0.717) is 34.2 Å². The van der Waals surface area contributed by atoms with Gasteiger partial charge in [-0.05, 0) is 49.6 Å². The molecule has 1 aliphatic heterocycles. The third-order valence-electron chi connectivity index (χ3n) is 5.11. The molecular weight excluding hydrogens is 406 g/mol. The molecule has 1 unspecified atom stereocenters. The molecule has 0 spiro atoms.